The lowest BCUT2D eigenvalue weighted by molar-refractivity contribution is -0.130. The van der Waals surface area contributed by atoms with Crippen LogP contribution in [0.4, 0.5) is 17.6 Å². The maximum atomic E-state index is 12.7. The zero-order valence-electron chi connectivity index (χ0n) is 17.6. The Hall–Kier alpha value is -3.59. The topological polar surface area (TPSA) is 94.5 Å². The van der Waals surface area contributed by atoms with Crippen LogP contribution in [0.1, 0.15) is 11.3 Å². The highest BCUT2D eigenvalue weighted by Gasteiger charge is 2.24. The third kappa shape index (κ3) is 4.24. The number of aromatic nitrogens is 5. The second-order valence-corrected chi connectivity index (χ2v) is 8.27. The van der Waals surface area contributed by atoms with Gasteiger partial charge in [0.1, 0.15) is 5.52 Å². The number of H-pyrrole nitrogens is 1. The molecule has 1 amide bonds. The van der Waals surface area contributed by atoms with E-state index in [9.17, 15) is 4.79 Å². The van der Waals surface area contributed by atoms with Crippen molar-refractivity contribution in [2.24, 2.45) is 0 Å². The van der Waals surface area contributed by atoms with Gasteiger partial charge in [0.2, 0.25) is 11.9 Å². The summed E-state index contributed by atoms with van der Waals surface area (Å²) >= 11 is 5.93. The first-order chi connectivity index (χ1) is 15.5. The molecule has 3 aromatic heterocycles. The Balaban J connectivity index is 1.28. The molecule has 9 nitrogen and oxygen atoms in total. The summed E-state index contributed by atoms with van der Waals surface area (Å²) in [6.45, 7) is 4.53. The summed E-state index contributed by atoms with van der Waals surface area (Å²) < 4.78 is 1.81. The number of carbonyl (C=O) groups excluding carboxylic acids is 1. The van der Waals surface area contributed by atoms with Crippen LogP contribution in [-0.4, -0.2) is 61.8 Å². The number of hydrogen-bond donors (Lipinski definition) is 2. The number of anilines is 3. The van der Waals surface area contributed by atoms with Gasteiger partial charge in [0, 0.05) is 49.2 Å². The van der Waals surface area contributed by atoms with Gasteiger partial charge in [-0.25, -0.2) is 4.52 Å². The van der Waals surface area contributed by atoms with Crippen molar-refractivity contribution < 1.29 is 4.79 Å². The predicted octanol–water partition coefficient (Wildman–Crippen LogP) is 3.05. The Kier molecular flexibility index (Phi) is 5.40. The molecule has 32 heavy (non-hydrogen) atoms. The zero-order valence-corrected chi connectivity index (χ0v) is 18.4. The van der Waals surface area contributed by atoms with Crippen LogP contribution in [0.3, 0.4) is 0 Å². The molecule has 2 N–H and O–H groups in total. The van der Waals surface area contributed by atoms with E-state index in [1.54, 1.807) is 0 Å². The number of piperazine rings is 1. The molecule has 4 heterocycles. The highest BCUT2D eigenvalue weighted by Crippen LogP contribution is 2.23. The lowest BCUT2D eigenvalue weighted by atomic mass is 10.1. The Bertz CT molecular complexity index is 1240. The summed E-state index contributed by atoms with van der Waals surface area (Å²) in [5.74, 6) is 2.12. The fourth-order valence-electron chi connectivity index (χ4n) is 3.80. The lowest BCUT2D eigenvalue weighted by Crippen LogP contribution is -2.49. The molecule has 0 radical (unpaired) electrons. The first kappa shape index (κ1) is 20.3. The van der Waals surface area contributed by atoms with Crippen molar-refractivity contribution in [2.75, 3.05) is 36.4 Å². The molecule has 10 heteroatoms. The fraction of sp³-hybridized carbons (Fsp3) is 0.273. The summed E-state index contributed by atoms with van der Waals surface area (Å²) in [4.78, 5) is 21.5. The quantitative estimate of drug-likeness (QED) is 0.485. The highest BCUT2D eigenvalue weighted by molar-refractivity contribution is 6.30. The smallest absolute Gasteiger partial charge is 0.245 e. The monoisotopic (exact) mass is 450 g/mol. The third-order valence-corrected chi connectivity index (χ3v) is 5.77. The van der Waals surface area contributed by atoms with Crippen LogP contribution in [-0.2, 0) is 11.2 Å². The standard InChI is InChI=1S/C22H23ClN8O/c1-15-13-19(27-26-15)24-21-18-3-2-8-31(18)28-22(25-21)30-11-9-29(10-12-30)20(32)14-16-4-6-17(23)7-5-16/h2-8,13H,9-12,14H2,1H3,(H2,24,25,26,27,28). The Labute approximate surface area is 190 Å². The summed E-state index contributed by atoms with van der Waals surface area (Å²) in [5.41, 5.74) is 2.80. The molecule has 1 fully saturated rings. The normalized spacial score (nSPS) is 14.2. The van der Waals surface area contributed by atoms with Crippen LogP contribution in [0, 0.1) is 6.92 Å². The molecule has 164 valence electrons. The van der Waals surface area contributed by atoms with Crippen molar-refractivity contribution in [2.45, 2.75) is 13.3 Å². The maximum Gasteiger partial charge on any atom is 0.245 e. The van der Waals surface area contributed by atoms with Gasteiger partial charge in [0.25, 0.3) is 0 Å². The number of aromatic amines is 1. The molecule has 1 saturated heterocycles. The largest absolute Gasteiger partial charge is 0.339 e. The molecule has 4 aromatic rings. The van der Waals surface area contributed by atoms with Crippen molar-refractivity contribution in [3.05, 3.63) is 64.9 Å². The SMILES string of the molecule is Cc1cc(Nc2nc(N3CCN(C(=O)Cc4ccc(Cl)cc4)CC3)nn3cccc23)n[nH]1. The van der Waals surface area contributed by atoms with Crippen molar-refractivity contribution in [1.29, 1.82) is 0 Å². The van der Waals surface area contributed by atoms with E-state index in [0.29, 0.717) is 55.2 Å². The van der Waals surface area contributed by atoms with E-state index in [0.717, 1.165) is 16.8 Å². The van der Waals surface area contributed by atoms with Crippen molar-refractivity contribution in [1.82, 2.24) is 29.7 Å². The van der Waals surface area contributed by atoms with Crippen LogP contribution in [0.5, 0.6) is 0 Å². The highest BCUT2D eigenvalue weighted by atomic mass is 35.5. The van der Waals surface area contributed by atoms with E-state index in [4.69, 9.17) is 16.6 Å². The Morgan fingerprint density at radius 2 is 1.94 bits per heavy atom. The average Bonchev–Trinajstić information content (AvgIpc) is 3.44. The summed E-state index contributed by atoms with van der Waals surface area (Å²) in [6, 6.07) is 13.2. The summed E-state index contributed by atoms with van der Waals surface area (Å²) in [5, 5.41) is 15.8. The minimum Gasteiger partial charge on any atom is -0.339 e. The number of nitrogens with one attached hydrogen (secondary N) is 2. The number of halogens is 1. The number of hydrogen-bond acceptors (Lipinski definition) is 6. The van der Waals surface area contributed by atoms with Crippen LogP contribution in [0.15, 0.2) is 48.7 Å². The van der Waals surface area contributed by atoms with E-state index in [1.165, 1.54) is 0 Å². The van der Waals surface area contributed by atoms with Crippen molar-refractivity contribution in [3.8, 4) is 0 Å². The molecule has 0 aliphatic carbocycles. The third-order valence-electron chi connectivity index (χ3n) is 5.52. The van der Waals surface area contributed by atoms with E-state index in [-0.39, 0.29) is 5.91 Å². The van der Waals surface area contributed by atoms with Crippen LogP contribution in [0.25, 0.3) is 5.52 Å². The molecule has 0 atom stereocenters. The molecule has 1 aliphatic heterocycles. The van der Waals surface area contributed by atoms with Gasteiger partial charge in [-0.2, -0.15) is 10.1 Å². The number of aryl methyl sites for hydroxylation is 1. The lowest BCUT2D eigenvalue weighted by Gasteiger charge is -2.34. The number of nitrogens with zero attached hydrogens (tertiary/aromatic N) is 6. The van der Waals surface area contributed by atoms with Gasteiger partial charge in [-0.05, 0) is 36.8 Å². The second-order valence-electron chi connectivity index (χ2n) is 7.83. The Morgan fingerprint density at radius 1 is 1.16 bits per heavy atom. The first-order valence-corrected chi connectivity index (χ1v) is 10.8. The molecular weight excluding hydrogens is 428 g/mol. The molecule has 1 aliphatic rings. The summed E-state index contributed by atoms with van der Waals surface area (Å²) in [7, 11) is 0. The zero-order chi connectivity index (χ0) is 22.1. The van der Waals surface area contributed by atoms with Crippen molar-refractivity contribution in [3.63, 3.8) is 0 Å². The Morgan fingerprint density at radius 3 is 2.66 bits per heavy atom. The molecule has 0 saturated carbocycles. The minimum absolute atomic E-state index is 0.116. The van der Waals surface area contributed by atoms with Gasteiger partial charge in [0.05, 0.1) is 6.42 Å². The number of rotatable bonds is 5. The molecule has 0 unspecified atom stereocenters. The number of benzene rings is 1. The van der Waals surface area contributed by atoms with Gasteiger partial charge in [-0.3, -0.25) is 9.89 Å². The van der Waals surface area contributed by atoms with Gasteiger partial charge < -0.3 is 15.1 Å². The van der Waals surface area contributed by atoms with E-state index in [2.05, 4.69) is 25.5 Å². The number of fused-ring (bicyclic) bond motifs is 1. The average molecular weight is 451 g/mol. The van der Waals surface area contributed by atoms with E-state index >= 15 is 0 Å². The summed E-state index contributed by atoms with van der Waals surface area (Å²) in [6.07, 6.45) is 2.27. The van der Waals surface area contributed by atoms with Crippen LogP contribution in [0.2, 0.25) is 5.02 Å². The molecule has 0 spiro atoms. The first-order valence-electron chi connectivity index (χ1n) is 10.5. The molecule has 0 bridgehead atoms. The predicted molar refractivity (Wildman–Crippen MR) is 124 cm³/mol. The maximum absolute atomic E-state index is 12.7. The fourth-order valence-corrected chi connectivity index (χ4v) is 3.92. The van der Waals surface area contributed by atoms with Gasteiger partial charge in [-0.15, -0.1) is 5.10 Å². The molecule has 1 aromatic carbocycles. The number of carbonyl (C=O) groups is 1. The van der Waals surface area contributed by atoms with Gasteiger partial charge >= 0.3 is 0 Å². The van der Waals surface area contributed by atoms with Crippen LogP contribution < -0.4 is 10.2 Å². The van der Waals surface area contributed by atoms with Gasteiger partial charge in [0.15, 0.2) is 11.6 Å². The van der Waals surface area contributed by atoms with Crippen molar-refractivity contribution >= 4 is 40.6 Å². The van der Waals surface area contributed by atoms with E-state index < -0.39 is 0 Å². The minimum atomic E-state index is 0.116. The molecular formula is C22H23ClN8O. The second kappa shape index (κ2) is 8.51. The van der Waals surface area contributed by atoms with Gasteiger partial charge in [-0.1, -0.05) is 23.7 Å². The number of amides is 1. The molecule has 5 rings (SSSR count). The van der Waals surface area contributed by atoms with Crippen LogP contribution >= 0.6 is 11.6 Å². The van der Waals surface area contributed by atoms with E-state index in [1.807, 2.05) is 65.0 Å².